The summed E-state index contributed by atoms with van der Waals surface area (Å²) >= 11 is 0. The summed E-state index contributed by atoms with van der Waals surface area (Å²) < 4.78 is 6.46. The molecule has 4 heterocycles. The SMILES string of the molecule is Cc1cccc(-c2ccc(-c3ccccc3-c3cc(-c4ccccc4-c4ccc(-c5cccc(C)c5)nc4)cc(-c4ccccc4-c4cnc(-c5cccc(Oc6cccc(-c7cc8ccccc8cn7)c6)c5)nc4)c3)cn2)c1. The van der Waals surface area contributed by atoms with E-state index in [1.165, 1.54) is 11.1 Å². The molecule has 13 aromatic rings. The van der Waals surface area contributed by atoms with E-state index in [1.54, 1.807) is 0 Å². The number of nitrogens with zero attached hydrogens (tertiary/aromatic N) is 5. The number of rotatable bonds is 12. The van der Waals surface area contributed by atoms with Crippen LogP contribution in [0.1, 0.15) is 11.1 Å². The average Bonchev–Trinajstić information content (AvgIpc) is 3.52. The molecule has 0 saturated carbocycles. The van der Waals surface area contributed by atoms with E-state index in [4.69, 9.17) is 29.7 Å². The molecule has 0 radical (unpaired) electrons. The van der Waals surface area contributed by atoms with E-state index in [0.717, 1.165) is 117 Å². The summed E-state index contributed by atoms with van der Waals surface area (Å²) in [5.41, 5.74) is 21.9. The summed E-state index contributed by atoms with van der Waals surface area (Å²) in [6.45, 7) is 4.22. The fourth-order valence-corrected chi connectivity index (χ4v) is 10.5. The quantitative estimate of drug-likeness (QED) is 0.121. The Morgan fingerprint density at radius 2 is 0.633 bits per heavy atom. The van der Waals surface area contributed by atoms with Crippen LogP contribution >= 0.6 is 0 Å². The van der Waals surface area contributed by atoms with Crippen molar-refractivity contribution in [1.29, 1.82) is 0 Å². The van der Waals surface area contributed by atoms with Crippen LogP contribution in [0, 0.1) is 13.8 Å². The lowest BCUT2D eigenvalue weighted by molar-refractivity contribution is 0.483. The lowest BCUT2D eigenvalue weighted by atomic mass is 9.86. The molecule has 6 nitrogen and oxygen atoms in total. The third kappa shape index (κ3) is 10.2. The Morgan fingerprint density at radius 1 is 0.241 bits per heavy atom. The highest BCUT2D eigenvalue weighted by Crippen LogP contribution is 2.43. The lowest BCUT2D eigenvalue weighted by Crippen LogP contribution is -1.94. The van der Waals surface area contributed by atoms with Crippen molar-refractivity contribution in [2.45, 2.75) is 13.8 Å². The number of ether oxygens (including phenoxy) is 1. The molecular weight excluding hydrogens is 963 g/mol. The average molecular weight is 1010 g/mol. The van der Waals surface area contributed by atoms with Crippen molar-refractivity contribution in [2.75, 3.05) is 0 Å². The topological polar surface area (TPSA) is 73.7 Å². The number of benzene rings is 9. The predicted molar refractivity (Wildman–Crippen MR) is 323 cm³/mol. The van der Waals surface area contributed by atoms with E-state index in [0.29, 0.717) is 17.3 Å². The highest BCUT2D eigenvalue weighted by molar-refractivity contribution is 5.94. The monoisotopic (exact) mass is 1010 g/mol. The van der Waals surface area contributed by atoms with Crippen molar-refractivity contribution in [3.63, 3.8) is 0 Å². The Bertz CT molecular complexity index is 4210. The minimum absolute atomic E-state index is 0.598. The summed E-state index contributed by atoms with van der Waals surface area (Å²) in [7, 11) is 0. The van der Waals surface area contributed by atoms with Crippen LogP contribution in [0.4, 0.5) is 0 Å². The van der Waals surface area contributed by atoms with E-state index in [2.05, 4.69) is 202 Å². The van der Waals surface area contributed by atoms with E-state index < -0.39 is 0 Å². The first-order valence-corrected chi connectivity index (χ1v) is 26.5. The molecule has 0 aliphatic rings. The van der Waals surface area contributed by atoms with Gasteiger partial charge in [0.2, 0.25) is 0 Å². The minimum atomic E-state index is 0.598. The summed E-state index contributed by atoms with van der Waals surface area (Å²) in [6.07, 6.45) is 9.75. The Balaban J connectivity index is 0.857. The zero-order chi connectivity index (χ0) is 53.1. The molecule has 0 aliphatic carbocycles. The number of hydrogen-bond acceptors (Lipinski definition) is 6. The van der Waals surface area contributed by atoms with Gasteiger partial charge in [-0.15, -0.1) is 0 Å². The van der Waals surface area contributed by atoms with Crippen LogP contribution in [0.5, 0.6) is 11.5 Å². The normalized spacial score (nSPS) is 11.2. The molecule has 0 N–H and O–H groups in total. The minimum Gasteiger partial charge on any atom is -0.457 e. The van der Waals surface area contributed by atoms with E-state index in [9.17, 15) is 0 Å². The van der Waals surface area contributed by atoms with Crippen LogP contribution in [0.15, 0.2) is 274 Å². The van der Waals surface area contributed by atoms with Crippen LogP contribution in [0.2, 0.25) is 0 Å². The number of fused-ring (bicyclic) bond motifs is 1. The third-order valence-electron chi connectivity index (χ3n) is 14.5. The van der Waals surface area contributed by atoms with Gasteiger partial charge in [0, 0.05) is 75.3 Å². The second kappa shape index (κ2) is 21.3. The fraction of sp³-hybridized carbons (Fsp3) is 0.0274. The van der Waals surface area contributed by atoms with Crippen LogP contribution < -0.4 is 4.74 Å². The molecule has 4 aromatic heterocycles. The van der Waals surface area contributed by atoms with Crippen molar-refractivity contribution in [3.8, 4) is 123 Å². The Kier molecular flexibility index (Phi) is 13.0. The van der Waals surface area contributed by atoms with Crippen molar-refractivity contribution < 1.29 is 4.74 Å². The number of pyridine rings is 3. The molecule has 0 atom stereocenters. The highest BCUT2D eigenvalue weighted by Gasteiger charge is 2.18. The smallest absolute Gasteiger partial charge is 0.159 e. The van der Waals surface area contributed by atoms with Gasteiger partial charge in [0.05, 0.1) is 17.1 Å². The Hall–Kier alpha value is -10.4. The highest BCUT2D eigenvalue weighted by atomic mass is 16.5. The predicted octanol–water partition coefficient (Wildman–Crippen LogP) is 18.9. The molecule has 6 heteroatoms. The van der Waals surface area contributed by atoms with Crippen molar-refractivity contribution >= 4 is 10.8 Å². The molecule has 79 heavy (non-hydrogen) atoms. The number of aromatic nitrogens is 5. The van der Waals surface area contributed by atoms with Gasteiger partial charge in [0.25, 0.3) is 0 Å². The molecule has 0 amide bonds. The molecule has 0 unspecified atom stereocenters. The first kappa shape index (κ1) is 48.2. The maximum Gasteiger partial charge on any atom is 0.159 e. The maximum absolute atomic E-state index is 6.46. The van der Waals surface area contributed by atoms with Crippen molar-refractivity contribution in [3.05, 3.63) is 285 Å². The van der Waals surface area contributed by atoms with Crippen LogP contribution in [0.3, 0.4) is 0 Å². The molecule has 9 aromatic carbocycles. The van der Waals surface area contributed by atoms with Gasteiger partial charge in [-0.3, -0.25) is 15.0 Å². The lowest BCUT2D eigenvalue weighted by Gasteiger charge is -2.18. The first-order chi connectivity index (χ1) is 38.9. The van der Waals surface area contributed by atoms with E-state index >= 15 is 0 Å². The second-order valence-corrected chi connectivity index (χ2v) is 19.9. The fourth-order valence-electron chi connectivity index (χ4n) is 10.5. The van der Waals surface area contributed by atoms with Gasteiger partial charge in [0.15, 0.2) is 5.82 Å². The van der Waals surface area contributed by atoms with Gasteiger partial charge in [-0.05, 0) is 142 Å². The Labute approximate surface area is 460 Å². The van der Waals surface area contributed by atoms with Gasteiger partial charge in [-0.2, -0.15) is 0 Å². The molecule has 0 aliphatic heterocycles. The second-order valence-electron chi connectivity index (χ2n) is 19.9. The third-order valence-corrected chi connectivity index (χ3v) is 14.5. The van der Waals surface area contributed by atoms with Crippen LogP contribution in [-0.4, -0.2) is 24.9 Å². The summed E-state index contributed by atoms with van der Waals surface area (Å²) in [4.78, 5) is 24.7. The summed E-state index contributed by atoms with van der Waals surface area (Å²) in [5.74, 6) is 2.00. The van der Waals surface area contributed by atoms with Gasteiger partial charge in [-0.25, -0.2) is 9.97 Å². The van der Waals surface area contributed by atoms with Crippen LogP contribution in [0.25, 0.3) is 123 Å². The van der Waals surface area contributed by atoms with E-state index in [1.807, 2.05) is 85.6 Å². The van der Waals surface area contributed by atoms with Gasteiger partial charge < -0.3 is 4.74 Å². The molecule has 0 bridgehead atoms. The van der Waals surface area contributed by atoms with Crippen molar-refractivity contribution in [2.24, 2.45) is 0 Å². The molecular formula is C73H51N5O. The van der Waals surface area contributed by atoms with Crippen molar-refractivity contribution in [1.82, 2.24) is 24.9 Å². The number of hydrogen-bond donors (Lipinski definition) is 0. The standard InChI is InChI=1S/C73H51N5O/c1-48-15-11-19-51(35-48)70-33-31-56(44-74-70)64-25-5-7-27-66(64)58-37-59(67-28-8-6-26-65(67)57-32-34-71(75-45-57)52-20-12-16-49(2)36-52)39-60(38-58)68-29-9-10-30-69(68)61-46-77-73(78-47-61)54-22-14-24-63(41-54)79-62-23-13-21-53(40-62)72-42-50-17-3-4-18-55(50)43-76-72/h3-47H,1-2H3. The summed E-state index contributed by atoms with van der Waals surface area (Å²) in [5, 5.41) is 2.25. The van der Waals surface area contributed by atoms with Gasteiger partial charge >= 0.3 is 0 Å². The first-order valence-electron chi connectivity index (χ1n) is 26.5. The van der Waals surface area contributed by atoms with E-state index in [-0.39, 0.29) is 0 Å². The van der Waals surface area contributed by atoms with Crippen LogP contribution in [-0.2, 0) is 0 Å². The van der Waals surface area contributed by atoms with Gasteiger partial charge in [-0.1, -0.05) is 181 Å². The zero-order valence-electron chi connectivity index (χ0n) is 43.6. The van der Waals surface area contributed by atoms with Gasteiger partial charge in [0.1, 0.15) is 11.5 Å². The zero-order valence-corrected chi connectivity index (χ0v) is 43.6. The molecule has 0 spiro atoms. The number of aryl methyl sites for hydroxylation is 2. The molecule has 0 fully saturated rings. The maximum atomic E-state index is 6.46. The molecule has 0 saturated heterocycles. The molecule has 13 rings (SSSR count). The molecule has 374 valence electrons. The largest absolute Gasteiger partial charge is 0.457 e. The Morgan fingerprint density at radius 3 is 1.11 bits per heavy atom. The summed E-state index contributed by atoms with van der Waals surface area (Å²) in [6, 6.07) is 84.6.